The summed E-state index contributed by atoms with van der Waals surface area (Å²) in [4.78, 5) is 45.4. The fourth-order valence-corrected chi connectivity index (χ4v) is 7.31. The Morgan fingerprint density at radius 1 is 0.940 bits per heavy atom. The van der Waals surface area contributed by atoms with Gasteiger partial charge in [0.05, 0.1) is 26.5 Å². The molecule has 12 nitrogen and oxygen atoms in total. The predicted molar refractivity (Wildman–Crippen MR) is 191 cm³/mol. The van der Waals surface area contributed by atoms with Crippen molar-refractivity contribution in [3.8, 4) is 5.75 Å². The number of methoxy groups -OCH3 is 1. The lowest BCUT2D eigenvalue weighted by molar-refractivity contribution is -0.157. The Kier molecular flexibility index (Phi) is 10.3. The second kappa shape index (κ2) is 14.8. The third-order valence-corrected chi connectivity index (χ3v) is 9.68. The number of sulfonamides is 1. The molecule has 4 aromatic rings. The van der Waals surface area contributed by atoms with Crippen LogP contribution < -0.4 is 14.8 Å². The number of urea groups is 1. The summed E-state index contributed by atoms with van der Waals surface area (Å²) in [6.07, 6.45) is 1.38. The molecule has 0 aromatic heterocycles. The van der Waals surface area contributed by atoms with Crippen LogP contribution in [0.2, 0.25) is 0 Å². The molecular weight excluding hydrogens is 657 g/mol. The molecule has 0 spiro atoms. The molecule has 2 aliphatic rings. The second-order valence-corrected chi connectivity index (χ2v) is 14.4. The quantitative estimate of drug-likeness (QED) is 0.227. The number of fused-ring (bicyclic) bond motifs is 2. The van der Waals surface area contributed by atoms with E-state index >= 15 is 0 Å². The summed E-state index contributed by atoms with van der Waals surface area (Å²) in [6, 6.07) is 27.1. The van der Waals surface area contributed by atoms with Gasteiger partial charge in [-0.3, -0.25) is 19.3 Å². The van der Waals surface area contributed by atoms with Crippen molar-refractivity contribution < 1.29 is 27.5 Å². The van der Waals surface area contributed by atoms with Gasteiger partial charge in [0, 0.05) is 31.7 Å². The first kappa shape index (κ1) is 34.7. The lowest BCUT2D eigenvalue weighted by Gasteiger charge is -2.46. The number of carbonyl (C=O) groups is 3. The fraction of sp³-hybridized carbons (Fsp3) is 0.324. The van der Waals surface area contributed by atoms with Gasteiger partial charge in [0.25, 0.3) is 0 Å². The molecule has 2 saturated heterocycles. The largest absolute Gasteiger partial charge is 0.497 e. The molecule has 2 atom stereocenters. The highest BCUT2D eigenvalue weighted by Crippen LogP contribution is 2.31. The SMILES string of the molecule is CCCN(C(=O)NCc1ccc(OC)cc1)N1CC(=O)N2[C@@H](Cc3ccc(NS(C)(=O)=O)cc3)C(=O)N(Cc3cccc4ccccc34)C[C@@H]21. The van der Waals surface area contributed by atoms with Crippen LogP contribution >= 0.6 is 0 Å². The number of piperazine rings is 1. The Balaban J connectivity index is 1.29. The van der Waals surface area contributed by atoms with Crippen molar-refractivity contribution in [1.82, 2.24) is 25.1 Å². The van der Waals surface area contributed by atoms with Crippen LogP contribution in [0.25, 0.3) is 10.8 Å². The molecule has 50 heavy (non-hydrogen) atoms. The molecule has 262 valence electrons. The number of rotatable bonds is 12. The number of benzene rings is 4. The Hall–Kier alpha value is -5.14. The van der Waals surface area contributed by atoms with Gasteiger partial charge in [-0.25, -0.2) is 13.2 Å². The number of nitrogens with one attached hydrogen (secondary N) is 2. The molecule has 2 heterocycles. The summed E-state index contributed by atoms with van der Waals surface area (Å²) in [5, 5.41) is 8.51. The van der Waals surface area contributed by atoms with Crippen LogP contribution in [-0.2, 0) is 39.1 Å². The summed E-state index contributed by atoms with van der Waals surface area (Å²) in [7, 11) is -1.86. The summed E-state index contributed by atoms with van der Waals surface area (Å²) in [5.74, 6) is 0.297. The van der Waals surface area contributed by atoms with E-state index in [0.29, 0.717) is 25.2 Å². The van der Waals surface area contributed by atoms with Crippen molar-refractivity contribution in [2.75, 3.05) is 37.7 Å². The topological polar surface area (TPSA) is 132 Å². The highest BCUT2D eigenvalue weighted by atomic mass is 32.2. The van der Waals surface area contributed by atoms with Crippen LogP contribution in [0.15, 0.2) is 91.0 Å². The van der Waals surface area contributed by atoms with E-state index in [-0.39, 0.29) is 43.9 Å². The highest BCUT2D eigenvalue weighted by molar-refractivity contribution is 7.92. The van der Waals surface area contributed by atoms with E-state index in [4.69, 9.17) is 4.74 Å². The van der Waals surface area contributed by atoms with Gasteiger partial charge >= 0.3 is 6.03 Å². The lowest BCUT2D eigenvalue weighted by atomic mass is 9.99. The average Bonchev–Trinajstić information content (AvgIpc) is 3.43. The van der Waals surface area contributed by atoms with Gasteiger partial charge in [0.15, 0.2) is 0 Å². The molecule has 2 aliphatic heterocycles. The van der Waals surface area contributed by atoms with Crippen LogP contribution in [0.5, 0.6) is 5.75 Å². The minimum absolute atomic E-state index is 0.0519. The van der Waals surface area contributed by atoms with Crippen molar-refractivity contribution in [1.29, 1.82) is 0 Å². The first-order valence-corrected chi connectivity index (χ1v) is 18.5. The number of carbonyl (C=O) groups excluding carboxylic acids is 3. The van der Waals surface area contributed by atoms with Gasteiger partial charge in [0.2, 0.25) is 21.8 Å². The third-order valence-electron chi connectivity index (χ3n) is 9.08. The summed E-state index contributed by atoms with van der Waals surface area (Å²) in [6.45, 7) is 3.14. The zero-order chi connectivity index (χ0) is 35.4. The van der Waals surface area contributed by atoms with E-state index < -0.39 is 22.2 Å². The first-order chi connectivity index (χ1) is 24.0. The number of amides is 4. The molecule has 0 aliphatic carbocycles. The second-order valence-electron chi connectivity index (χ2n) is 12.7. The molecule has 0 unspecified atom stereocenters. The van der Waals surface area contributed by atoms with E-state index in [1.165, 1.54) is 0 Å². The Bertz CT molecular complexity index is 1970. The minimum Gasteiger partial charge on any atom is -0.497 e. The van der Waals surface area contributed by atoms with Gasteiger partial charge in [-0.05, 0) is 58.1 Å². The molecule has 4 amide bonds. The minimum atomic E-state index is -3.46. The standard InChI is InChI=1S/C37H42N6O6S/c1-4-20-41(37(46)38-22-27-14-18-31(49-2)19-15-27)42-25-35(44)43-33(21-26-12-16-30(17-13-26)39-50(3,47)48)36(45)40(24-34(42)43)23-29-10-7-9-28-8-5-6-11-32(28)29/h5-19,33-34,39H,4,20-25H2,1-3H3,(H,38,46)/t33-,34+/m0/s1. The predicted octanol–water partition coefficient (Wildman–Crippen LogP) is 4.18. The van der Waals surface area contributed by atoms with Crippen LogP contribution in [0.3, 0.4) is 0 Å². The maximum absolute atomic E-state index is 14.4. The van der Waals surface area contributed by atoms with Crippen LogP contribution in [-0.4, -0.2) is 91.3 Å². The van der Waals surface area contributed by atoms with Crippen molar-refractivity contribution in [3.05, 3.63) is 108 Å². The molecule has 4 aromatic carbocycles. The van der Waals surface area contributed by atoms with Gasteiger partial charge in [-0.15, -0.1) is 0 Å². The summed E-state index contributed by atoms with van der Waals surface area (Å²) >= 11 is 0. The van der Waals surface area contributed by atoms with Gasteiger partial charge in [-0.2, -0.15) is 5.01 Å². The number of hydrogen-bond donors (Lipinski definition) is 2. The molecule has 0 bridgehead atoms. The smallest absolute Gasteiger partial charge is 0.332 e. The maximum atomic E-state index is 14.4. The van der Waals surface area contributed by atoms with Crippen molar-refractivity contribution in [3.63, 3.8) is 0 Å². The Morgan fingerprint density at radius 2 is 1.64 bits per heavy atom. The zero-order valence-corrected chi connectivity index (χ0v) is 29.2. The number of nitrogens with zero attached hydrogens (tertiary/aromatic N) is 4. The lowest BCUT2D eigenvalue weighted by Crippen LogP contribution is -2.66. The number of hydrogen-bond acceptors (Lipinski definition) is 7. The van der Waals surface area contributed by atoms with Gasteiger partial charge in [0.1, 0.15) is 18.0 Å². The number of anilines is 1. The van der Waals surface area contributed by atoms with Crippen LogP contribution in [0.4, 0.5) is 10.5 Å². The van der Waals surface area contributed by atoms with E-state index in [1.54, 1.807) is 51.2 Å². The Morgan fingerprint density at radius 3 is 2.34 bits per heavy atom. The summed E-state index contributed by atoms with van der Waals surface area (Å²) in [5.41, 5.74) is 3.05. The van der Waals surface area contributed by atoms with Crippen molar-refractivity contribution in [2.45, 2.75) is 45.1 Å². The number of ether oxygens (including phenoxy) is 1. The highest BCUT2D eigenvalue weighted by Gasteiger charge is 2.52. The maximum Gasteiger partial charge on any atom is 0.332 e. The third kappa shape index (κ3) is 7.68. The van der Waals surface area contributed by atoms with Crippen molar-refractivity contribution >= 4 is 44.3 Å². The van der Waals surface area contributed by atoms with Gasteiger partial charge < -0.3 is 19.9 Å². The Labute approximate surface area is 292 Å². The fourth-order valence-electron chi connectivity index (χ4n) is 6.74. The molecule has 0 saturated carbocycles. The van der Waals surface area contributed by atoms with E-state index in [0.717, 1.165) is 39.5 Å². The van der Waals surface area contributed by atoms with Crippen LogP contribution in [0, 0.1) is 0 Å². The molecule has 2 fully saturated rings. The van der Waals surface area contributed by atoms with E-state index in [2.05, 4.69) is 10.0 Å². The molecule has 2 N–H and O–H groups in total. The van der Waals surface area contributed by atoms with Gasteiger partial charge in [-0.1, -0.05) is 73.7 Å². The van der Waals surface area contributed by atoms with E-state index in [1.807, 2.05) is 73.7 Å². The van der Waals surface area contributed by atoms with Crippen molar-refractivity contribution in [2.24, 2.45) is 0 Å². The normalized spacial score (nSPS) is 17.9. The molecule has 0 radical (unpaired) electrons. The first-order valence-electron chi connectivity index (χ1n) is 16.6. The molecule has 13 heteroatoms. The van der Waals surface area contributed by atoms with Crippen LogP contribution in [0.1, 0.15) is 30.0 Å². The molecule has 6 rings (SSSR count). The average molecular weight is 699 g/mol. The summed E-state index contributed by atoms with van der Waals surface area (Å²) < 4.78 is 31.2. The number of hydrazine groups is 1. The van der Waals surface area contributed by atoms with E-state index in [9.17, 15) is 22.8 Å². The monoisotopic (exact) mass is 698 g/mol. The zero-order valence-electron chi connectivity index (χ0n) is 28.4. The molecular formula is C37H42N6O6S.